The van der Waals surface area contributed by atoms with Crippen molar-refractivity contribution in [3.05, 3.63) is 276 Å². The van der Waals surface area contributed by atoms with Gasteiger partial charge in [-0.2, -0.15) is 0 Å². The molecule has 0 fully saturated rings. The zero-order valence-corrected chi connectivity index (χ0v) is 38.9. The summed E-state index contributed by atoms with van der Waals surface area (Å²) in [6.45, 7) is 6.92. The maximum atomic E-state index is 5.46. The molecule has 69 heavy (non-hydrogen) atoms. The van der Waals surface area contributed by atoms with Crippen LogP contribution in [0.25, 0.3) is 89.2 Å². The molecule has 0 spiro atoms. The van der Waals surface area contributed by atoms with Gasteiger partial charge in [-0.1, -0.05) is 232 Å². The fourth-order valence-corrected chi connectivity index (χ4v) is 11.8. The summed E-state index contributed by atoms with van der Waals surface area (Å²) in [5.41, 5.74) is 23.2. The van der Waals surface area contributed by atoms with E-state index in [2.05, 4.69) is 257 Å². The first-order valence-electron chi connectivity index (χ1n) is 24.1. The van der Waals surface area contributed by atoms with Crippen LogP contribution in [0.1, 0.15) is 52.8 Å². The van der Waals surface area contributed by atoms with E-state index in [9.17, 15) is 0 Å². The molecule has 11 aromatic rings. The molecule has 0 bridgehead atoms. The van der Waals surface area contributed by atoms with Gasteiger partial charge in [-0.05, 0) is 114 Å². The largest absolute Gasteiger partial charge is 0.228 e. The number of hydrogen-bond acceptors (Lipinski definition) is 2. The van der Waals surface area contributed by atoms with Gasteiger partial charge in [0.1, 0.15) is 0 Å². The quantitative estimate of drug-likeness (QED) is 0.159. The average molecular weight is 881 g/mol. The molecule has 1 aromatic heterocycles. The van der Waals surface area contributed by atoms with Crippen LogP contribution in [0.4, 0.5) is 0 Å². The summed E-state index contributed by atoms with van der Waals surface area (Å²) in [4.78, 5) is 10.9. The maximum absolute atomic E-state index is 5.46. The Morgan fingerprint density at radius 3 is 1.35 bits per heavy atom. The number of rotatable bonds is 7. The highest BCUT2D eigenvalue weighted by Gasteiger charge is 2.49. The Balaban J connectivity index is 1.02. The minimum absolute atomic E-state index is 0.128. The number of aromatic nitrogens is 2. The number of hydrogen-bond donors (Lipinski definition) is 0. The van der Waals surface area contributed by atoms with E-state index in [4.69, 9.17) is 9.97 Å². The van der Waals surface area contributed by atoms with E-state index in [0.29, 0.717) is 5.82 Å². The third-order valence-corrected chi connectivity index (χ3v) is 15.2. The van der Waals surface area contributed by atoms with E-state index >= 15 is 0 Å². The molecule has 0 saturated carbocycles. The van der Waals surface area contributed by atoms with Crippen molar-refractivity contribution in [1.82, 2.24) is 9.97 Å². The van der Waals surface area contributed by atoms with E-state index in [1.165, 1.54) is 83.3 Å². The Kier molecular flexibility index (Phi) is 9.36. The van der Waals surface area contributed by atoms with Gasteiger partial charge in [0.2, 0.25) is 0 Å². The van der Waals surface area contributed by atoms with E-state index in [1.807, 2.05) is 0 Å². The molecule has 326 valence electrons. The lowest BCUT2D eigenvalue weighted by atomic mass is 9.66. The Morgan fingerprint density at radius 2 is 0.783 bits per heavy atom. The van der Waals surface area contributed by atoms with Crippen molar-refractivity contribution in [3.63, 3.8) is 0 Å². The van der Waals surface area contributed by atoms with Crippen molar-refractivity contribution in [2.24, 2.45) is 0 Å². The third-order valence-electron chi connectivity index (χ3n) is 15.2. The predicted octanol–water partition coefficient (Wildman–Crippen LogP) is 16.9. The molecule has 2 nitrogen and oxygen atoms in total. The SMILES string of the molecule is Cc1c(-c2ccc(-c3ccccc3)cc2)nc(-c2ccc3c4c(ccc3c2)-c2cc3c(cc2C4(c2ccccc2)c2ccccc2)-c2ccccc2C3(C)C)nc1-c1ccc(-c2ccccc2)cc1. The average Bonchev–Trinajstić information content (AvgIpc) is 3.84. The molecule has 2 aliphatic rings. The molecular weight excluding hydrogens is 833 g/mol. The molecule has 0 unspecified atom stereocenters. The van der Waals surface area contributed by atoms with Crippen LogP contribution in [0.5, 0.6) is 0 Å². The summed E-state index contributed by atoms with van der Waals surface area (Å²) in [5.74, 6) is 0.699. The molecule has 0 amide bonds. The van der Waals surface area contributed by atoms with E-state index in [-0.39, 0.29) is 5.41 Å². The number of benzene rings is 10. The minimum Gasteiger partial charge on any atom is -0.228 e. The van der Waals surface area contributed by atoms with Crippen LogP contribution >= 0.6 is 0 Å². The van der Waals surface area contributed by atoms with Crippen LogP contribution < -0.4 is 0 Å². The second-order valence-electron chi connectivity index (χ2n) is 19.3. The first-order chi connectivity index (χ1) is 33.9. The van der Waals surface area contributed by atoms with Gasteiger partial charge in [-0.25, -0.2) is 9.97 Å². The maximum Gasteiger partial charge on any atom is 0.160 e. The van der Waals surface area contributed by atoms with Crippen LogP contribution in [0.15, 0.2) is 237 Å². The molecule has 2 heteroatoms. The van der Waals surface area contributed by atoms with Gasteiger partial charge in [0.05, 0.1) is 16.8 Å². The second-order valence-corrected chi connectivity index (χ2v) is 19.3. The van der Waals surface area contributed by atoms with Gasteiger partial charge in [-0.15, -0.1) is 0 Å². The predicted molar refractivity (Wildman–Crippen MR) is 286 cm³/mol. The summed E-state index contributed by atoms with van der Waals surface area (Å²) in [5, 5.41) is 2.38. The van der Waals surface area contributed by atoms with Gasteiger partial charge >= 0.3 is 0 Å². The molecule has 13 rings (SSSR count). The summed E-state index contributed by atoms with van der Waals surface area (Å²) < 4.78 is 0. The van der Waals surface area contributed by atoms with Gasteiger partial charge in [0.15, 0.2) is 5.82 Å². The topological polar surface area (TPSA) is 25.8 Å². The lowest BCUT2D eigenvalue weighted by Crippen LogP contribution is -2.29. The van der Waals surface area contributed by atoms with Crippen molar-refractivity contribution < 1.29 is 0 Å². The van der Waals surface area contributed by atoms with Crippen molar-refractivity contribution >= 4 is 10.8 Å². The number of nitrogens with zero attached hydrogens (tertiary/aromatic N) is 2. The van der Waals surface area contributed by atoms with Crippen molar-refractivity contribution in [2.75, 3.05) is 0 Å². The molecule has 0 aliphatic heterocycles. The molecule has 0 N–H and O–H groups in total. The van der Waals surface area contributed by atoms with Crippen LogP contribution in [0, 0.1) is 6.92 Å². The molecule has 10 aromatic carbocycles. The molecule has 0 atom stereocenters. The lowest BCUT2D eigenvalue weighted by molar-refractivity contribution is 0.660. The van der Waals surface area contributed by atoms with Crippen molar-refractivity contribution in [3.8, 4) is 78.4 Å². The third kappa shape index (κ3) is 6.33. The number of fused-ring (bicyclic) bond motifs is 8. The zero-order valence-electron chi connectivity index (χ0n) is 38.9. The normalized spacial score (nSPS) is 13.7. The Morgan fingerprint density at radius 1 is 0.333 bits per heavy atom. The smallest absolute Gasteiger partial charge is 0.160 e. The summed E-state index contributed by atoms with van der Waals surface area (Å²) in [6, 6.07) is 86.7. The van der Waals surface area contributed by atoms with Gasteiger partial charge < -0.3 is 0 Å². The van der Waals surface area contributed by atoms with Crippen LogP contribution in [0.2, 0.25) is 0 Å². The first-order valence-corrected chi connectivity index (χ1v) is 24.1. The van der Waals surface area contributed by atoms with Gasteiger partial charge in [0, 0.05) is 27.7 Å². The molecule has 1 heterocycles. The highest BCUT2D eigenvalue weighted by molar-refractivity contribution is 6.03. The van der Waals surface area contributed by atoms with Crippen LogP contribution in [-0.2, 0) is 10.8 Å². The second kappa shape index (κ2) is 15.8. The fraction of sp³-hybridized carbons (Fsp3) is 0.0746. The zero-order chi connectivity index (χ0) is 46.3. The van der Waals surface area contributed by atoms with E-state index in [1.54, 1.807) is 0 Å². The molecule has 2 aliphatic carbocycles. The highest BCUT2D eigenvalue weighted by Crippen LogP contribution is 2.61. The molecule has 0 saturated heterocycles. The highest BCUT2D eigenvalue weighted by atomic mass is 14.9. The van der Waals surface area contributed by atoms with Gasteiger partial charge in [0.25, 0.3) is 0 Å². The monoisotopic (exact) mass is 880 g/mol. The fourth-order valence-electron chi connectivity index (χ4n) is 11.8. The Bertz CT molecular complexity index is 3620. The summed E-state index contributed by atoms with van der Waals surface area (Å²) in [6.07, 6.45) is 0. The Hall–Kier alpha value is -8.46. The first kappa shape index (κ1) is 40.8. The Labute approximate surface area is 404 Å². The molecule has 0 radical (unpaired) electrons. The molecular formula is C67H48N2. The van der Waals surface area contributed by atoms with Gasteiger partial charge in [-0.3, -0.25) is 0 Å². The van der Waals surface area contributed by atoms with Crippen molar-refractivity contribution in [1.29, 1.82) is 0 Å². The minimum atomic E-state index is -0.580. The van der Waals surface area contributed by atoms with Crippen LogP contribution in [-0.4, -0.2) is 9.97 Å². The van der Waals surface area contributed by atoms with E-state index < -0.39 is 5.41 Å². The lowest BCUT2D eigenvalue weighted by Gasteiger charge is -2.35. The van der Waals surface area contributed by atoms with E-state index in [0.717, 1.165) is 39.0 Å². The van der Waals surface area contributed by atoms with Crippen LogP contribution in [0.3, 0.4) is 0 Å². The standard InChI is InChI=1S/C67H48N2/c1-43-63(48-32-28-46(29-33-48)44-18-8-4-9-19-44)68-65(69-64(43)49-34-30-47(31-35-49)45-20-10-5-11-21-45)51-37-38-54-50(40-51)36-39-56-58-41-60-57(55-26-16-17-27-59(55)66(60,2)3)42-61(58)67(62(54)56,52-22-12-6-13-23-52)53-24-14-7-15-25-53/h4-42H,1-3H3. The summed E-state index contributed by atoms with van der Waals surface area (Å²) >= 11 is 0. The summed E-state index contributed by atoms with van der Waals surface area (Å²) in [7, 11) is 0. The van der Waals surface area contributed by atoms with Crippen molar-refractivity contribution in [2.45, 2.75) is 31.6 Å².